The molecule has 2 nitrogen and oxygen atoms in total. The highest BCUT2D eigenvalue weighted by Gasteiger charge is 2.32. The second-order valence-corrected chi connectivity index (χ2v) is 7.39. The van der Waals surface area contributed by atoms with E-state index in [2.05, 4.69) is 23.0 Å². The van der Waals surface area contributed by atoms with Crippen molar-refractivity contribution >= 4 is 21.5 Å². The van der Waals surface area contributed by atoms with E-state index in [1.165, 1.54) is 23.6 Å². The number of nitrogens with zero attached hydrogens (tertiary/aromatic N) is 2. The first-order chi connectivity index (χ1) is 14.0. The van der Waals surface area contributed by atoms with Gasteiger partial charge in [0.1, 0.15) is 0 Å². The minimum atomic E-state index is -4.32. The highest BCUT2D eigenvalue weighted by atomic mass is 19.4. The van der Waals surface area contributed by atoms with Crippen molar-refractivity contribution in [1.29, 1.82) is 0 Å². The molecule has 0 spiro atoms. The average Bonchev–Trinajstić information content (AvgIpc) is 2.74. The van der Waals surface area contributed by atoms with Gasteiger partial charge in [-0.2, -0.15) is 13.2 Å². The monoisotopic (exact) mass is 394 g/mol. The number of aryl methyl sites for hydroxylation is 1. The largest absolute Gasteiger partial charge is 0.417 e. The first-order valence-corrected chi connectivity index (χ1v) is 9.71. The summed E-state index contributed by atoms with van der Waals surface area (Å²) in [7, 11) is 0. The lowest BCUT2D eigenvalue weighted by atomic mass is 9.80. The van der Waals surface area contributed by atoms with Crippen LogP contribution in [0.4, 0.5) is 13.2 Å². The van der Waals surface area contributed by atoms with Gasteiger partial charge in [0.2, 0.25) is 0 Å². The lowest BCUT2D eigenvalue weighted by Gasteiger charge is -2.25. The van der Waals surface area contributed by atoms with Crippen molar-refractivity contribution in [1.82, 2.24) is 9.97 Å². The summed E-state index contributed by atoms with van der Waals surface area (Å²) in [6, 6.07) is 12.1. The molecule has 148 valence electrons. The van der Waals surface area contributed by atoms with Crippen molar-refractivity contribution in [2.45, 2.75) is 38.3 Å². The molecule has 29 heavy (non-hydrogen) atoms. The zero-order valence-electron chi connectivity index (χ0n) is 16.1. The third kappa shape index (κ3) is 3.82. The van der Waals surface area contributed by atoms with Crippen molar-refractivity contribution in [3.05, 3.63) is 83.9 Å². The predicted octanol–water partition coefficient (Wildman–Crippen LogP) is 6.93. The Kier molecular flexibility index (Phi) is 5.22. The van der Waals surface area contributed by atoms with Crippen LogP contribution in [0.2, 0.25) is 0 Å². The molecule has 0 N–H and O–H groups in total. The Morgan fingerprint density at radius 3 is 2.07 bits per heavy atom. The van der Waals surface area contributed by atoms with E-state index in [0.717, 1.165) is 29.7 Å². The minimum absolute atomic E-state index is 0.288. The maximum Gasteiger partial charge on any atom is 0.417 e. The van der Waals surface area contributed by atoms with Crippen LogP contribution in [-0.4, -0.2) is 9.97 Å². The van der Waals surface area contributed by atoms with Gasteiger partial charge < -0.3 is 0 Å². The van der Waals surface area contributed by atoms with Gasteiger partial charge in [-0.25, -0.2) is 0 Å². The summed E-state index contributed by atoms with van der Waals surface area (Å²) in [5.74, 6) is 0.464. The van der Waals surface area contributed by atoms with Gasteiger partial charge >= 0.3 is 6.18 Å². The topological polar surface area (TPSA) is 25.8 Å². The maximum atomic E-state index is 13.3. The van der Waals surface area contributed by atoms with Gasteiger partial charge in [0.05, 0.1) is 5.56 Å². The van der Waals surface area contributed by atoms with Crippen molar-refractivity contribution < 1.29 is 13.2 Å². The Balaban J connectivity index is 0.000000294. The summed E-state index contributed by atoms with van der Waals surface area (Å²) in [4.78, 5) is 7.44. The van der Waals surface area contributed by atoms with Crippen LogP contribution in [0, 0.1) is 0 Å². The third-order valence-electron chi connectivity index (χ3n) is 5.55. The molecule has 1 aromatic heterocycles. The summed E-state index contributed by atoms with van der Waals surface area (Å²) in [6.45, 7) is 2.22. The van der Waals surface area contributed by atoms with E-state index >= 15 is 0 Å². The minimum Gasteiger partial charge on any atom is -0.262 e. The van der Waals surface area contributed by atoms with Crippen molar-refractivity contribution in [2.24, 2.45) is 0 Å². The Morgan fingerprint density at radius 1 is 0.793 bits per heavy atom. The second kappa shape index (κ2) is 7.82. The molecular weight excluding hydrogens is 373 g/mol. The highest BCUT2D eigenvalue weighted by molar-refractivity contribution is 6.10. The fourth-order valence-corrected chi connectivity index (χ4v) is 4.29. The number of aromatic nitrogens is 2. The lowest BCUT2D eigenvalue weighted by Crippen LogP contribution is -2.08. The van der Waals surface area contributed by atoms with E-state index in [1.54, 1.807) is 36.9 Å². The third-order valence-corrected chi connectivity index (χ3v) is 5.55. The van der Waals surface area contributed by atoms with E-state index in [-0.39, 0.29) is 5.39 Å². The number of alkyl halides is 3. The van der Waals surface area contributed by atoms with Crippen LogP contribution < -0.4 is 0 Å². The highest BCUT2D eigenvalue weighted by Crippen LogP contribution is 2.41. The molecule has 1 heterocycles. The Hall–Kier alpha value is -2.95. The smallest absolute Gasteiger partial charge is 0.262 e. The van der Waals surface area contributed by atoms with Crippen molar-refractivity contribution in [3.8, 4) is 0 Å². The molecule has 3 aromatic carbocycles. The molecule has 0 amide bonds. The van der Waals surface area contributed by atoms with Crippen LogP contribution in [0.5, 0.6) is 0 Å². The molecule has 0 saturated carbocycles. The number of hydrogen-bond donors (Lipinski definition) is 0. The summed E-state index contributed by atoms with van der Waals surface area (Å²) >= 11 is 0. The molecule has 1 aliphatic rings. The Bertz CT molecular complexity index is 1110. The van der Waals surface area contributed by atoms with Crippen LogP contribution in [-0.2, 0) is 12.6 Å². The van der Waals surface area contributed by atoms with Gasteiger partial charge in [0.15, 0.2) is 0 Å². The lowest BCUT2D eigenvalue weighted by molar-refractivity contribution is -0.136. The van der Waals surface area contributed by atoms with Crippen molar-refractivity contribution in [2.75, 3.05) is 0 Å². The number of halogens is 3. The standard InChI is InChI=1S/C20H17F3.C4H4N2/c1-12-4-2-5-13-8-9-15-14-6-3-7-18(20(21,22)23)16(14)10-11-17(15)19(12)13;1-2-6-4-3-5-1/h3,6-12H,2,4-5H2,1H3;1-4H/t12-;/m1./s1. The zero-order chi connectivity index (χ0) is 20.4. The SMILES string of the molecule is C[C@@H]1CCCc2ccc3c(ccc4c(C(F)(F)F)cccc43)c21.c1cnccn1. The number of rotatable bonds is 0. The molecule has 1 aliphatic carbocycles. The van der Waals surface area contributed by atoms with E-state index in [0.29, 0.717) is 11.3 Å². The molecule has 5 heteroatoms. The van der Waals surface area contributed by atoms with Gasteiger partial charge in [-0.3, -0.25) is 9.97 Å². The molecule has 0 fully saturated rings. The Morgan fingerprint density at radius 2 is 1.41 bits per heavy atom. The zero-order valence-corrected chi connectivity index (χ0v) is 16.1. The molecule has 0 bridgehead atoms. The fourth-order valence-electron chi connectivity index (χ4n) is 4.29. The van der Waals surface area contributed by atoms with E-state index in [4.69, 9.17) is 0 Å². The quantitative estimate of drug-likeness (QED) is 0.302. The first kappa shape index (κ1) is 19.4. The van der Waals surface area contributed by atoms with E-state index in [9.17, 15) is 13.2 Å². The van der Waals surface area contributed by atoms with Gasteiger partial charge in [0.25, 0.3) is 0 Å². The molecule has 5 rings (SSSR count). The van der Waals surface area contributed by atoms with Gasteiger partial charge in [-0.05, 0) is 63.9 Å². The van der Waals surface area contributed by atoms with E-state index < -0.39 is 11.7 Å². The first-order valence-electron chi connectivity index (χ1n) is 9.71. The maximum absolute atomic E-state index is 13.3. The molecule has 0 saturated heterocycles. The van der Waals surface area contributed by atoms with Crippen LogP contribution in [0.15, 0.2) is 67.3 Å². The summed E-state index contributed by atoms with van der Waals surface area (Å²) in [5, 5.41) is 3.02. The normalized spacial score (nSPS) is 16.2. The van der Waals surface area contributed by atoms with Gasteiger partial charge in [-0.15, -0.1) is 0 Å². The summed E-state index contributed by atoms with van der Waals surface area (Å²) < 4.78 is 39.8. The predicted molar refractivity (Wildman–Crippen MR) is 110 cm³/mol. The number of benzene rings is 3. The van der Waals surface area contributed by atoms with Crippen LogP contribution in [0.3, 0.4) is 0 Å². The van der Waals surface area contributed by atoms with Gasteiger partial charge in [-0.1, -0.05) is 43.3 Å². The van der Waals surface area contributed by atoms with Gasteiger partial charge in [0, 0.05) is 24.8 Å². The number of hydrogen-bond acceptors (Lipinski definition) is 2. The van der Waals surface area contributed by atoms with Crippen LogP contribution >= 0.6 is 0 Å². The summed E-state index contributed by atoms with van der Waals surface area (Å²) in [6.07, 6.45) is 5.63. The molecule has 0 unspecified atom stereocenters. The molecule has 1 atom stereocenters. The molecule has 4 aromatic rings. The average molecular weight is 394 g/mol. The second-order valence-electron chi connectivity index (χ2n) is 7.39. The van der Waals surface area contributed by atoms with Crippen LogP contribution in [0.25, 0.3) is 21.5 Å². The molecule has 0 radical (unpaired) electrons. The van der Waals surface area contributed by atoms with Crippen molar-refractivity contribution in [3.63, 3.8) is 0 Å². The number of fused-ring (bicyclic) bond motifs is 5. The molecule has 0 aliphatic heterocycles. The fraction of sp³-hybridized carbons (Fsp3) is 0.250. The van der Waals surface area contributed by atoms with E-state index in [1.807, 2.05) is 12.1 Å². The van der Waals surface area contributed by atoms with Crippen LogP contribution in [0.1, 0.15) is 42.4 Å². The summed E-state index contributed by atoms with van der Waals surface area (Å²) in [5.41, 5.74) is 2.12. The Labute approximate surface area is 167 Å². The molecular formula is C24H21F3N2.